The molecule has 0 heterocycles. The first kappa shape index (κ1) is 16.4. The van der Waals surface area contributed by atoms with Gasteiger partial charge in [0.15, 0.2) is 0 Å². The minimum Gasteiger partial charge on any atom is -0.330 e. The Labute approximate surface area is 118 Å². The highest BCUT2D eigenvalue weighted by Crippen LogP contribution is 2.25. The van der Waals surface area contributed by atoms with E-state index in [0.29, 0.717) is 19.0 Å². The molecule has 0 atom stereocenters. The predicted octanol–water partition coefficient (Wildman–Crippen LogP) is 2.53. The van der Waals surface area contributed by atoms with Crippen LogP contribution in [-0.2, 0) is 4.79 Å². The van der Waals surface area contributed by atoms with E-state index >= 15 is 0 Å². The molecule has 0 unspecified atom stereocenters. The van der Waals surface area contributed by atoms with Crippen LogP contribution in [0.3, 0.4) is 0 Å². The Balaban J connectivity index is 2.81. The number of carbonyl (C=O) groups is 1. The number of hydrazine groups is 1. The van der Waals surface area contributed by atoms with Crippen molar-refractivity contribution >= 4 is 5.91 Å². The van der Waals surface area contributed by atoms with Crippen molar-refractivity contribution in [2.75, 3.05) is 13.1 Å². The molecule has 0 radical (unpaired) electrons. The Morgan fingerprint density at radius 1 is 1.26 bits per heavy atom. The summed E-state index contributed by atoms with van der Waals surface area (Å²) in [7, 11) is 0. The van der Waals surface area contributed by atoms with E-state index in [1.165, 1.54) is 32.1 Å². The number of hydrogen-bond donors (Lipinski definition) is 1. The Hall–Kier alpha value is -0.610. The average Bonchev–Trinajstić information content (AvgIpc) is 2.39. The zero-order chi connectivity index (χ0) is 14.3. The second-order valence-electron chi connectivity index (χ2n) is 5.83. The fraction of sp³-hybridized carbons (Fsp3) is 0.933. The molecule has 0 aliphatic heterocycles. The first-order valence-corrected chi connectivity index (χ1v) is 7.90. The Kier molecular flexibility index (Phi) is 7.39. The van der Waals surface area contributed by atoms with Gasteiger partial charge in [-0.15, -0.1) is 0 Å². The van der Waals surface area contributed by atoms with Gasteiger partial charge in [-0.25, -0.2) is 5.01 Å². The van der Waals surface area contributed by atoms with Crippen LogP contribution < -0.4 is 5.73 Å². The highest BCUT2D eigenvalue weighted by atomic mass is 16.2. The number of nitrogens with two attached hydrogens (primary N) is 1. The molecule has 1 saturated carbocycles. The summed E-state index contributed by atoms with van der Waals surface area (Å²) in [5.41, 5.74) is 5.55. The molecular formula is C15H31N3O. The second-order valence-corrected chi connectivity index (χ2v) is 5.83. The summed E-state index contributed by atoms with van der Waals surface area (Å²) in [5, 5.41) is 4.31. The van der Waals surface area contributed by atoms with E-state index < -0.39 is 0 Å². The van der Waals surface area contributed by atoms with Gasteiger partial charge in [-0.05, 0) is 33.1 Å². The van der Waals surface area contributed by atoms with Crippen LogP contribution >= 0.6 is 0 Å². The third-order valence-corrected chi connectivity index (χ3v) is 3.83. The molecule has 0 aromatic carbocycles. The summed E-state index contributed by atoms with van der Waals surface area (Å²) in [6, 6.07) is 0.755. The van der Waals surface area contributed by atoms with Crippen molar-refractivity contribution < 1.29 is 4.79 Å². The standard InChI is InChI=1S/C15H31N3O/c1-4-12-17(14-8-6-5-7-9-14)18(13(2)3)15(19)10-11-16/h13-14H,4-12,16H2,1-3H3. The molecule has 4 heteroatoms. The molecule has 1 amide bonds. The van der Waals surface area contributed by atoms with Crippen LogP contribution in [0.4, 0.5) is 0 Å². The molecule has 0 aromatic heterocycles. The molecule has 0 saturated heterocycles. The minimum atomic E-state index is 0.177. The van der Waals surface area contributed by atoms with E-state index in [1.807, 2.05) is 5.01 Å². The average molecular weight is 269 g/mol. The number of hydrogen-bond acceptors (Lipinski definition) is 3. The van der Waals surface area contributed by atoms with Crippen molar-refractivity contribution in [3.63, 3.8) is 0 Å². The number of carbonyl (C=O) groups excluding carboxylic acids is 1. The van der Waals surface area contributed by atoms with Gasteiger partial charge in [0.05, 0.1) is 0 Å². The quantitative estimate of drug-likeness (QED) is 0.723. The van der Waals surface area contributed by atoms with Crippen molar-refractivity contribution in [3.05, 3.63) is 0 Å². The molecule has 1 aliphatic rings. The van der Waals surface area contributed by atoms with Crippen molar-refractivity contribution in [2.45, 2.75) is 77.8 Å². The molecule has 1 fully saturated rings. The zero-order valence-electron chi connectivity index (χ0n) is 12.9. The van der Waals surface area contributed by atoms with Crippen LogP contribution in [0.15, 0.2) is 0 Å². The Morgan fingerprint density at radius 3 is 2.37 bits per heavy atom. The maximum Gasteiger partial charge on any atom is 0.238 e. The van der Waals surface area contributed by atoms with E-state index in [4.69, 9.17) is 5.73 Å². The van der Waals surface area contributed by atoms with Gasteiger partial charge in [-0.3, -0.25) is 9.80 Å². The monoisotopic (exact) mass is 269 g/mol. The number of nitrogens with zero attached hydrogens (tertiary/aromatic N) is 2. The number of rotatable bonds is 7. The van der Waals surface area contributed by atoms with Crippen LogP contribution in [-0.4, -0.2) is 41.1 Å². The fourth-order valence-corrected chi connectivity index (χ4v) is 3.04. The summed E-state index contributed by atoms with van der Waals surface area (Å²) in [5.74, 6) is 0.177. The van der Waals surface area contributed by atoms with Gasteiger partial charge >= 0.3 is 0 Å². The lowest BCUT2D eigenvalue weighted by atomic mass is 9.95. The van der Waals surface area contributed by atoms with E-state index in [9.17, 15) is 4.79 Å². The van der Waals surface area contributed by atoms with Gasteiger partial charge in [0, 0.05) is 31.6 Å². The van der Waals surface area contributed by atoms with Gasteiger partial charge in [0.1, 0.15) is 0 Å². The lowest BCUT2D eigenvalue weighted by molar-refractivity contribution is -0.161. The number of amides is 1. The van der Waals surface area contributed by atoms with Crippen LogP contribution in [0.25, 0.3) is 0 Å². The molecule has 4 nitrogen and oxygen atoms in total. The summed E-state index contributed by atoms with van der Waals surface area (Å²) in [4.78, 5) is 12.3. The molecule has 112 valence electrons. The topological polar surface area (TPSA) is 49.6 Å². The SMILES string of the molecule is CCCN(C1CCCCC1)N(C(=O)CCN)C(C)C. The van der Waals surface area contributed by atoms with Crippen LogP contribution in [0.5, 0.6) is 0 Å². The molecular weight excluding hydrogens is 238 g/mol. The van der Waals surface area contributed by atoms with Gasteiger partial charge in [-0.2, -0.15) is 0 Å². The molecule has 0 aromatic rings. The molecule has 0 spiro atoms. The van der Waals surface area contributed by atoms with Gasteiger partial charge in [0.2, 0.25) is 5.91 Å². The van der Waals surface area contributed by atoms with Gasteiger partial charge in [-0.1, -0.05) is 26.2 Å². The molecule has 1 rings (SSSR count). The van der Waals surface area contributed by atoms with Crippen LogP contribution in [0.2, 0.25) is 0 Å². The lowest BCUT2D eigenvalue weighted by Gasteiger charge is -2.44. The molecule has 1 aliphatic carbocycles. The molecule has 19 heavy (non-hydrogen) atoms. The van der Waals surface area contributed by atoms with Gasteiger partial charge in [0.25, 0.3) is 0 Å². The maximum absolute atomic E-state index is 12.3. The maximum atomic E-state index is 12.3. The Morgan fingerprint density at radius 2 is 1.89 bits per heavy atom. The third-order valence-electron chi connectivity index (χ3n) is 3.83. The predicted molar refractivity (Wildman–Crippen MR) is 79.5 cm³/mol. The third kappa shape index (κ3) is 4.77. The first-order valence-electron chi connectivity index (χ1n) is 7.90. The molecule has 2 N–H and O–H groups in total. The van der Waals surface area contributed by atoms with E-state index in [2.05, 4.69) is 25.8 Å². The minimum absolute atomic E-state index is 0.177. The van der Waals surface area contributed by atoms with Crippen LogP contribution in [0, 0.1) is 0 Å². The largest absolute Gasteiger partial charge is 0.330 e. The zero-order valence-corrected chi connectivity index (χ0v) is 12.9. The molecule has 0 bridgehead atoms. The fourth-order valence-electron chi connectivity index (χ4n) is 3.04. The summed E-state index contributed by atoms with van der Waals surface area (Å²) < 4.78 is 0. The summed E-state index contributed by atoms with van der Waals surface area (Å²) >= 11 is 0. The summed E-state index contributed by atoms with van der Waals surface area (Å²) in [6.07, 6.45) is 7.90. The van der Waals surface area contributed by atoms with E-state index in [-0.39, 0.29) is 11.9 Å². The lowest BCUT2D eigenvalue weighted by Crippen LogP contribution is -2.55. The first-order chi connectivity index (χ1) is 9.11. The normalized spacial score (nSPS) is 17.2. The van der Waals surface area contributed by atoms with Crippen molar-refractivity contribution in [2.24, 2.45) is 5.73 Å². The smallest absolute Gasteiger partial charge is 0.238 e. The highest BCUT2D eigenvalue weighted by molar-refractivity contribution is 5.76. The van der Waals surface area contributed by atoms with Gasteiger partial charge < -0.3 is 5.73 Å². The van der Waals surface area contributed by atoms with E-state index in [0.717, 1.165) is 13.0 Å². The van der Waals surface area contributed by atoms with E-state index in [1.54, 1.807) is 0 Å². The highest BCUT2D eigenvalue weighted by Gasteiger charge is 2.29. The van der Waals surface area contributed by atoms with Crippen molar-refractivity contribution in [3.8, 4) is 0 Å². The second kappa shape index (κ2) is 8.54. The van der Waals surface area contributed by atoms with Crippen LogP contribution in [0.1, 0.15) is 65.7 Å². The summed E-state index contributed by atoms with van der Waals surface area (Å²) in [6.45, 7) is 7.79. The van der Waals surface area contributed by atoms with Crippen molar-refractivity contribution in [1.82, 2.24) is 10.0 Å². The van der Waals surface area contributed by atoms with Crippen molar-refractivity contribution in [1.29, 1.82) is 0 Å². The Bertz CT molecular complexity index is 262.